The number of thiocarbonyl (C=S) groups is 1. The van der Waals surface area contributed by atoms with Crippen molar-refractivity contribution in [3.8, 4) is 0 Å². The maximum Gasteiger partial charge on any atom is 0.270 e. The van der Waals surface area contributed by atoms with Crippen molar-refractivity contribution >= 4 is 68.5 Å². The van der Waals surface area contributed by atoms with Crippen LogP contribution in [0.4, 0.5) is 15.8 Å². The Hall–Kier alpha value is -4.53. The number of amides is 2. The Morgan fingerprint density at radius 1 is 0.976 bits per heavy atom. The molecule has 4 aromatic carbocycles. The van der Waals surface area contributed by atoms with E-state index in [2.05, 4.69) is 59.4 Å². The highest BCUT2D eigenvalue weighted by Crippen LogP contribution is 2.37. The number of carbonyl (C=O) groups excluding carboxylic acids is 2. The summed E-state index contributed by atoms with van der Waals surface area (Å²) in [5, 5.41) is 3.79. The van der Waals surface area contributed by atoms with Gasteiger partial charge in [-0.1, -0.05) is 78.1 Å². The highest BCUT2D eigenvalue weighted by molar-refractivity contribution is 8.27. The minimum Gasteiger partial charge on any atom is -0.342 e. The number of hydrogen-bond acceptors (Lipinski definition) is 4. The van der Waals surface area contributed by atoms with E-state index < -0.39 is 0 Å². The molecule has 2 amide bonds. The molecule has 1 saturated heterocycles. The first-order chi connectivity index (χ1) is 19.9. The Labute approximate surface area is 246 Å². The minimum atomic E-state index is -0.386. The molecule has 202 valence electrons. The molecule has 0 unspecified atom stereocenters. The number of carbonyl (C=O) groups is 2. The van der Waals surface area contributed by atoms with E-state index >= 15 is 0 Å². The Balaban J connectivity index is 1.27. The van der Waals surface area contributed by atoms with Crippen molar-refractivity contribution in [3.63, 3.8) is 0 Å². The molecule has 41 heavy (non-hydrogen) atoms. The maximum absolute atomic E-state index is 13.6. The number of aromatic nitrogens is 1. The van der Waals surface area contributed by atoms with Crippen molar-refractivity contribution in [3.05, 3.63) is 136 Å². The van der Waals surface area contributed by atoms with Crippen LogP contribution >= 0.6 is 24.0 Å². The zero-order valence-corrected chi connectivity index (χ0v) is 23.6. The molecule has 0 radical (unpaired) electrons. The Morgan fingerprint density at radius 2 is 1.76 bits per heavy atom. The molecule has 0 spiro atoms. The van der Waals surface area contributed by atoms with Crippen LogP contribution in [-0.4, -0.2) is 20.7 Å². The lowest BCUT2D eigenvalue weighted by molar-refractivity contribution is -0.113. The molecule has 5 aromatic rings. The van der Waals surface area contributed by atoms with Gasteiger partial charge in [-0.15, -0.1) is 0 Å². The molecule has 8 heteroatoms. The van der Waals surface area contributed by atoms with Crippen molar-refractivity contribution < 1.29 is 14.0 Å². The van der Waals surface area contributed by atoms with E-state index in [0.29, 0.717) is 32.7 Å². The number of para-hydroxylation sites is 1. The summed E-state index contributed by atoms with van der Waals surface area (Å²) in [6, 6.07) is 28.8. The van der Waals surface area contributed by atoms with Crippen LogP contribution < -0.4 is 10.2 Å². The lowest BCUT2D eigenvalue weighted by Crippen LogP contribution is -2.27. The molecular formula is C33H24FN3O2S2. The van der Waals surface area contributed by atoms with Crippen LogP contribution in [0.25, 0.3) is 17.0 Å². The first-order valence-electron chi connectivity index (χ1n) is 12.9. The van der Waals surface area contributed by atoms with Gasteiger partial charge in [-0.25, -0.2) is 4.39 Å². The third-order valence-corrected chi connectivity index (χ3v) is 8.11. The quantitative estimate of drug-likeness (QED) is 0.165. The third-order valence-electron chi connectivity index (χ3n) is 6.80. The number of nitrogens with one attached hydrogen (secondary N) is 1. The van der Waals surface area contributed by atoms with E-state index in [-0.39, 0.29) is 17.6 Å². The number of thioether (sulfide) groups is 1. The molecule has 0 aliphatic carbocycles. The van der Waals surface area contributed by atoms with Crippen LogP contribution in [0.15, 0.2) is 108 Å². The van der Waals surface area contributed by atoms with Gasteiger partial charge in [-0.3, -0.25) is 14.5 Å². The number of hydrogen-bond donors (Lipinski definition) is 1. The van der Waals surface area contributed by atoms with Crippen LogP contribution in [0.3, 0.4) is 0 Å². The van der Waals surface area contributed by atoms with E-state index in [1.807, 2.05) is 18.2 Å². The molecule has 5 nitrogen and oxygen atoms in total. The zero-order valence-electron chi connectivity index (χ0n) is 22.0. The first-order valence-corrected chi connectivity index (χ1v) is 14.2. The zero-order chi connectivity index (χ0) is 28.5. The molecule has 1 N–H and O–H groups in total. The van der Waals surface area contributed by atoms with Gasteiger partial charge in [-0.05, 0) is 67.1 Å². The van der Waals surface area contributed by atoms with Gasteiger partial charge < -0.3 is 9.88 Å². The van der Waals surface area contributed by atoms with Crippen LogP contribution in [0.1, 0.15) is 27.0 Å². The standard InChI is InChI=1S/C33H24FN3O2S2/c1-21-6-4-7-22(16-21)19-36-20-24(28-10-2-3-11-29(28)36)18-30-32(39)37(33(40)41-30)27-9-5-8-23(17-27)31(38)35-26-14-12-25(34)13-15-26/h2-18,20H,19H2,1H3,(H,35,38)/b30-18+. The Morgan fingerprint density at radius 3 is 2.56 bits per heavy atom. The highest BCUT2D eigenvalue weighted by Gasteiger charge is 2.34. The molecule has 1 aromatic heterocycles. The van der Waals surface area contributed by atoms with Gasteiger partial charge in [0.15, 0.2) is 4.32 Å². The molecule has 1 fully saturated rings. The maximum atomic E-state index is 13.6. The molecule has 1 aliphatic heterocycles. The molecule has 0 bridgehead atoms. The van der Waals surface area contributed by atoms with E-state index in [0.717, 1.165) is 16.5 Å². The fraction of sp³-hybridized carbons (Fsp3) is 0.0606. The molecule has 6 rings (SSSR count). The lowest BCUT2D eigenvalue weighted by Gasteiger charge is -2.15. The van der Waals surface area contributed by atoms with Crippen LogP contribution in [0.5, 0.6) is 0 Å². The summed E-state index contributed by atoms with van der Waals surface area (Å²) in [5.74, 6) is -1.00. The molecule has 1 aliphatic rings. The monoisotopic (exact) mass is 577 g/mol. The Bertz CT molecular complexity index is 1860. The predicted octanol–water partition coefficient (Wildman–Crippen LogP) is 7.80. The van der Waals surface area contributed by atoms with Gasteiger partial charge in [0.2, 0.25) is 0 Å². The second kappa shape index (κ2) is 11.2. The fourth-order valence-electron chi connectivity index (χ4n) is 4.88. The molecule has 0 saturated carbocycles. The Kier molecular flexibility index (Phi) is 7.26. The summed E-state index contributed by atoms with van der Waals surface area (Å²) in [4.78, 5) is 28.4. The first kappa shape index (κ1) is 26.7. The SMILES string of the molecule is Cc1cccc(Cn2cc(/C=C3/SC(=S)N(c4cccc(C(=O)Nc5ccc(F)cc5)c4)C3=O)c3ccccc32)c1. The largest absolute Gasteiger partial charge is 0.342 e. The number of rotatable bonds is 6. The van der Waals surface area contributed by atoms with Crippen molar-refractivity contribution in [2.75, 3.05) is 10.2 Å². The summed E-state index contributed by atoms with van der Waals surface area (Å²) in [6.45, 7) is 2.79. The van der Waals surface area contributed by atoms with Gasteiger partial charge >= 0.3 is 0 Å². The normalized spacial score (nSPS) is 14.3. The van der Waals surface area contributed by atoms with Crippen LogP contribution in [0, 0.1) is 12.7 Å². The summed E-state index contributed by atoms with van der Waals surface area (Å²) in [6.07, 6.45) is 3.96. The third kappa shape index (κ3) is 5.57. The second-order valence-corrected chi connectivity index (χ2v) is 11.4. The highest BCUT2D eigenvalue weighted by atomic mass is 32.2. The van der Waals surface area contributed by atoms with Gasteiger partial charge in [-0.2, -0.15) is 0 Å². The van der Waals surface area contributed by atoms with Crippen LogP contribution in [0.2, 0.25) is 0 Å². The summed E-state index contributed by atoms with van der Waals surface area (Å²) >= 11 is 6.84. The van der Waals surface area contributed by atoms with Crippen molar-refractivity contribution in [2.45, 2.75) is 13.5 Å². The van der Waals surface area contributed by atoms with Crippen LogP contribution in [-0.2, 0) is 11.3 Å². The molecule has 0 atom stereocenters. The van der Waals surface area contributed by atoms with Gasteiger partial charge in [0.05, 0.1) is 10.6 Å². The van der Waals surface area contributed by atoms with Crippen molar-refractivity contribution in [1.82, 2.24) is 4.57 Å². The average molecular weight is 578 g/mol. The fourth-order valence-corrected chi connectivity index (χ4v) is 6.17. The number of benzene rings is 4. The number of halogens is 1. The van der Waals surface area contributed by atoms with E-state index in [1.165, 1.54) is 52.1 Å². The second-order valence-electron chi connectivity index (χ2n) is 9.75. The summed E-state index contributed by atoms with van der Waals surface area (Å²) in [5.41, 5.74) is 5.74. The summed E-state index contributed by atoms with van der Waals surface area (Å²) in [7, 11) is 0. The summed E-state index contributed by atoms with van der Waals surface area (Å²) < 4.78 is 15.8. The van der Waals surface area contributed by atoms with Gasteiger partial charge in [0, 0.05) is 40.5 Å². The minimum absolute atomic E-state index is 0.244. The number of aryl methyl sites for hydroxylation is 1. The van der Waals surface area contributed by atoms with E-state index in [1.54, 1.807) is 24.3 Å². The van der Waals surface area contributed by atoms with Gasteiger partial charge in [0.1, 0.15) is 5.82 Å². The van der Waals surface area contributed by atoms with Gasteiger partial charge in [0.25, 0.3) is 11.8 Å². The molecular weight excluding hydrogens is 554 g/mol. The molecule has 2 heterocycles. The predicted molar refractivity (Wildman–Crippen MR) is 169 cm³/mol. The smallest absolute Gasteiger partial charge is 0.270 e. The lowest BCUT2D eigenvalue weighted by atomic mass is 10.1. The van der Waals surface area contributed by atoms with Crippen molar-refractivity contribution in [2.24, 2.45) is 0 Å². The van der Waals surface area contributed by atoms with Crippen molar-refractivity contribution in [1.29, 1.82) is 0 Å². The number of fused-ring (bicyclic) bond motifs is 1. The average Bonchev–Trinajstić information content (AvgIpc) is 3.45. The number of nitrogens with zero attached hydrogens (tertiary/aromatic N) is 2. The van der Waals surface area contributed by atoms with E-state index in [4.69, 9.17) is 12.2 Å². The number of anilines is 2. The topological polar surface area (TPSA) is 54.3 Å². The van der Waals surface area contributed by atoms with E-state index in [9.17, 15) is 14.0 Å².